The molecule has 2 atom stereocenters. The zero-order valence-electron chi connectivity index (χ0n) is 13.0. The van der Waals surface area contributed by atoms with Gasteiger partial charge in [0.2, 0.25) is 5.91 Å². The number of amides is 4. The third kappa shape index (κ3) is 3.70. The summed E-state index contributed by atoms with van der Waals surface area (Å²) in [6.45, 7) is 0.909. The highest BCUT2D eigenvalue weighted by atomic mass is 19.1. The first kappa shape index (κ1) is 16.4. The summed E-state index contributed by atoms with van der Waals surface area (Å²) >= 11 is 0. The van der Waals surface area contributed by atoms with Crippen LogP contribution in [0.15, 0.2) is 24.3 Å². The fourth-order valence-corrected chi connectivity index (χ4v) is 2.80. The summed E-state index contributed by atoms with van der Waals surface area (Å²) in [5.74, 6) is -0.502. The van der Waals surface area contributed by atoms with Gasteiger partial charge in [-0.25, -0.2) is 9.18 Å². The molecule has 2 fully saturated rings. The van der Waals surface area contributed by atoms with E-state index in [1.165, 1.54) is 0 Å². The number of carbonyl (C=O) groups excluding carboxylic acids is 3. The van der Waals surface area contributed by atoms with Crippen molar-refractivity contribution >= 4 is 17.8 Å². The van der Waals surface area contributed by atoms with Gasteiger partial charge in [0, 0.05) is 24.7 Å². The molecular formula is C16H19FN4O3. The van der Waals surface area contributed by atoms with E-state index in [1.807, 2.05) is 0 Å². The molecule has 8 heteroatoms. The van der Waals surface area contributed by atoms with Crippen molar-refractivity contribution < 1.29 is 18.8 Å². The van der Waals surface area contributed by atoms with E-state index in [1.54, 1.807) is 24.3 Å². The highest BCUT2D eigenvalue weighted by Crippen LogP contribution is 2.11. The van der Waals surface area contributed by atoms with E-state index in [0.29, 0.717) is 25.1 Å². The molecule has 0 spiro atoms. The van der Waals surface area contributed by atoms with E-state index in [4.69, 9.17) is 0 Å². The number of carbonyl (C=O) groups is 3. The highest BCUT2D eigenvalue weighted by molar-refractivity contribution is 6.01. The van der Waals surface area contributed by atoms with Gasteiger partial charge in [-0.1, -0.05) is 12.1 Å². The van der Waals surface area contributed by atoms with Crippen LogP contribution in [0.3, 0.4) is 0 Å². The second-order valence-electron chi connectivity index (χ2n) is 5.98. The van der Waals surface area contributed by atoms with Gasteiger partial charge in [-0.15, -0.1) is 0 Å². The van der Waals surface area contributed by atoms with Crippen LogP contribution in [0.5, 0.6) is 0 Å². The van der Waals surface area contributed by atoms with Crippen LogP contribution in [0, 0.1) is 0 Å². The van der Waals surface area contributed by atoms with Gasteiger partial charge in [0.05, 0.1) is 13.1 Å². The van der Waals surface area contributed by atoms with Crippen LogP contribution in [-0.4, -0.2) is 54.6 Å². The largest absolute Gasteiger partial charge is 0.350 e. The molecule has 128 valence electrons. The Bertz CT molecular complexity index is 633. The molecule has 2 saturated heterocycles. The lowest BCUT2D eigenvalue weighted by Gasteiger charge is -2.13. The Morgan fingerprint density at radius 1 is 1.29 bits per heavy atom. The second-order valence-corrected chi connectivity index (χ2v) is 5.98. The van der Waals surface area contributed by atoms with Crippen molar-refractivity contribution in [2.24, 2.45) is 0 Å². The van der Waals surface area contributed by atoms with Crippen molar-refractivity contribution in [1.29, 1.82) is 0 Å². The molecule has 1 aromatic carbocycles. The molecule has 0 bridgehead atoms. The maximum Gasteiger partial charge on any atom is 0.324 e. The molecule has 0 aliphatic carbocycles. The Labute approximate surface area is 138 Å². The monoisotopic (exact) mass is 334 g/mol. The van der Waals surface area contributed by atoms with Crippen LogP contribution < -0.4 is 16.0 Å². The summed E-state index contributed by atoms with van der Waals surface area (Å²) < 4.78 is 13.1. The minimum absolute atomic E-state index is 0.0221. The van der Waals surface area contributed by atoms with Gasteiger partial charge in [-0.3, -0.25) is 14.5 Å². The normalized spacial score (nSPS) is 23.5. The Morgan fingerprint density at radius 3 is 2.62 bits per heavy atom. The molecule has 0 aromatic heterocycles. The number of urea groups is 1. The number of nitrogens with zero attached hydrogens (tertiary/aromatic N) is 1. The number of benzene rings is 1. The molecule has 2 heterocycles. The van der Waals surface area contributed by atoms with Crippen LogP contribution >= 0.6 is 0 Å². The predicted octanol–water partition coefficient (Wildman–Crippen LogP) is 0.168. The molecule has 3 N–H and O–H groups in total. The zero-order valence-corrected chi connectivity index (χ0v) is 13.0. The fourth-order valence-electron chi connectivity index (χ4n) is 2.80. The summed E-state index contributed by atoms with van der Waals surface area (Å²) in [7, 11) is 0. The summed E-state index contributed by atoms with van der Waals surface area (Å²) in [6, 6.07) is 6.25. The first-order valence-corrected chi connectivity index (χ1v) is 7.85. The fraction of sp³-hybridized carbons (Fsp3) is 0.438. The number of alkyl halides is 1. The topological polar surface area (TPSA) is 90.5 Å². The smallest absolute Gasteiger partial charge is 0.324 e. The number of hydrogen-bond acceptors (Lipinski definition) is 4. The zero-order chi connectivity index (χ0) is 17.1. The van der Waals surface area contributed by atoms with Crippen molar-refractivity contribution in [2.75, 3.05) is 19.6 Å². The highest BCUT2D eigenvalue weighted by Gasteiger charge is 2.28. The van der Waals surface area contributed by atoms with Crippen molar-refractivity contribution in [2.45, 2.75) is 25.2 Å². The van der Waals surface area contributed by atoms with Gasteiger partial charge in [0.25, 0.3) is 5.91 Å². The summed E-state index contributed by atoms with van der Waals surface area (Å²) in [4.78, 5) is 36.3. The van der Waals surface area contributed by atoms with Crippen molar-refractivity contribution in [3.8, 4) is 0 Å². The van der Waals surface area contributed by atoms with Crippen molar-refractivity contribution in [1.82, 2.24) is 20.9 Å². The molecule has 2 aliphatic rings. The van der Waals surface area contributed by atoms with E-state index in [9.17, 15) is 18.8 Å². The minimum atomic E-state index is -0.850. The Morgan fingerprint density at radius 2 is 2.04 bits per heavy atom. The number of halogens is 1. The summed E-state index contributed by atoms with van der Waals surface area (Å²) in [5.41, 5.74) is 1.24. The van der Waals surface area contributed by atoms with Gasteiger partial charge in [0.1, 0.15) is 6.17 Å². The molecular weight excluding hydrogens is 315 g/mol. The third-order valence-corrected chi connectivity index (χ3v) is 4.17. The van der Waals surface area contributed by atoms with Crippen molar-refractivity contribution in [3.63, 3.8) is 0 Å². The van der Waals surface area contributed by atoms with Gasteiger partial charge < -0.3 is 16.0 Å². The summed E-state index contributed by atoms with van der Waals surface area (Å²) in [6.07, 6.45) is -0.442. The van der Waals surface area contributed by atoms with Gasteiger partial charge >= 0.3 is 6.03 Å². The maximum atomic E-state index is 13.1. The molecule has 0 unspecified atom stereocenters. The average molecular weight is 334 g/mol. The van der Waals surface area contributed by atoms with Gasteiger partial charge in [-0.2, -0.15) is 0 Å². The van der Waals surface area contributed by atoms with Crippen LogP contribution in [0.2, 0.25) is 0 Å². The molecule has 7 nitrogen and oxygen atoms in total. The molecule has 4 amide bonds. The van der Waals surface area contributed by atoms with Crippen LogP contribution in [0.4, 0.5) is 9.18 Å². The molecule has 3 rings (SSSR count). The van der Waals surface area contributed by atoms with Crippen LogP contribution in [0.25, 0.3) is 0 Å². The number of rotatable bonds is 5. The standard InChI is InChI=1S/C16H19FN4O3/c17-12-5-13(18-6-12)7-19-15(23)11-3-1-10(2-4-11)9-21-14(22)8-20-16(21)24/h1-4,12-13,18H,5-9H2,(H,19,23)(H,20,24)/t12-,13-/m0/s1. The molecule has 1 aromatic rings. The molecule has 24 heavy (non-hydrogen) atoms. The Kier molecular flexibility index (Phi) is 4.75. The van der Waals surface area contributed by atoms with Gasteiger partial charge in [0.15, 0.2) is 0 Å². The molecule has 0 saturated carbocycles. The van der Waals surface area contributed by atoms with Crippen LogP contribution in [-0.2, 0) is 11.3 Å². The number of nitrogens with one attached hydrogen (secondary N) is 3. The Balaban J connectivity index is 1.53. The SMILES string of the molecule is O=C(NC[C@@H]1C[C@H](F)CN1)c1ccc(CN2C(=O)CNC2=O)cc1. The molecule has 0 radical (unpaired) electrons. The quantitative estimate of drug-likeness (QED) is 0.670. The molecule has 2 aliphatic heterocycles. The minimum Gasteiger partial charge on any atom is -0.350 e. The first-order chi connectivity index (χ1) is 11.5. The third-order valence-electron chi connectivity index (χ3n) is 4.17. The second kappa shape index (κ2) is 6.96. The lowest BCUT2D eigenvalue weighted by molar-refractivity contribution is -0.125. The summed E-state index contributed by atoms with van der Waals surface area (Å²) in [5, 5.41) is 8.23. The van der Waals surface area contributed by atoms with E-state index in [-0.39, 0.29) is 30.9 Å². The lowest BCUT2D eigenvalue weighted by atomic mass is 10.1. The van der Waals surface area contributed by atoms with E-state index >= 15 is 0 Å². The lowest BCUT2D eigenvalue weighted by Crippen LogP contribution is -2.37. The first-order valence-electron chi connectivity index (χ1n) is 7.85. The van der Waals surface area contributed by atoms with Crippen molar-refractivity contribution in [3.05, 3.63) is 35.4 Å². The van der Waals surface area contributed by atoms with E-state index < -0.39 is 12.2 Å². The van der Waals surface area contributed by atoms with E-state index in [2.05, 4.69) is 16.0 Å². The predicted molar refractivity (Wildman–Crippen MR) is 84.0 cm³/mol. The van der Waals surface area contributed by atoms with E-state index in [0.717, 1.165) is 10.5 Å². The average Bonchev–Trinajstić information content (AvgIpc) is 3.13. The van der Waals surface area contributed by atoms with Crippen LogP contribution in [0.1, 0.15) is 22.3 Å². The number of hydrogen-bond donors (Lipinski definition) is 3. The number of imide groups is 1. The maximum absolute atomic E-state index is 13.1. The van der Waals surface area contributed by atoms with Gasteiger partial charge in [-0.05, 0) is 24.1 Å². The Hall–Kier alpha value is -2.48.